The van der Waals surface area contributed by atoms with Crippen molar-refractivity contribution in [3.05, 3.63) is 40.6 Å². The lowest BCUT2D eigenvalue weighted by atomic mass is 9.96. The summed E-state index contributed by atoms with van der Waals surface area (Å²) in [6.07, 6.45) is -5.81. The third kappa shape index (κ3) is 7.47. The van der Waals surface area contributed by atoms with Gasteiger partial charge in [0.25, 0.3) is 0 Å². The molecule has 2 heterocycles. The summed E-state index contributed by atoms with van der Waals surface area (Å²) >= 11 is 0. The summed E-state index contributed by atoms with van der Waals surface area (Å²) in [6, 6.07) is 5.80. The van der Waals surface area contributed by atoms with Crippen molar-refractivity contribution in [1.29, 1.82) is 0 Å². The van der Waals surface area contributed by atoms with E-state index in [1.54, 1.807) is 13.8 Å². The molecule has 2 aromatic rings. The number of carbonyl (C=O) groups is 1. The van der Waals surface area contributed by atoms with Gasteiger partial charge in [-0.1, -0.05) is 19.9 Å². The summed E-state index contributed by atoms with van der Waals surface area (Å²) in [5, 5.41) is 50.5. The predicted molar refractivity (Wildman–Crippen MR) is 142 cm³/mol. The number of hydrogen-bond donors (Lipinski definition) is 7. The Morgan fingerprint density at radius 2 is 1.95 bits per heavy atom. The monoisotopic (exact) mass is 550 g/mol. The maximum absolute atomic E-state index is 11.4. The van der Waals surface area contributed by atoms with Crippen LogP contribution in [-0.4, -0.2) is 92.5 Å². The van der Waals surface area contributed by atoms with Crippen molar-refractivity contribution in [2.75, 3.05) is 19.8 Å². The number of amides is 1. The van der Waals surface area contributed by atoms with Gasteiger partial charge in [0.05, 0.1) is 18.8 Å². The molecule has 12 nitrogen and oxygen atoms in total. The normalized spacial score (nSPS) is 23.7. The van der Waals surface area contributed by atoms with E-state index in [4.69, 9.17) is 19.9 Å². The highest BCUT2D eigenvalue weighted by Crippen LogP contribution is 2.32. The van der Waals surface area contributed by atoms with E-state index in [0.717, 1.165) is 28.1 Å². The van der Waals surface area contributed by atoms with E-state index < -0.39 is 48.8 Å². The van der Waals surface area contributed by atoms with E-state index in [-0.39, 0.29) is 11.8 Å². The lowest BCUT2D eigenvalue weighted by Gasteiger charge is -2.39. The van der Waals surface area contributed by atoms with Gasteiger partial charge >= 0.3 is 0 Å². The summed E-state index contributed by atoms with van der Waals surface area (Å²) in [7, 11) is 0. The number of rotatable bonds is 13. The van der Waals surface area contributed by atoms with Crippen LogP contribution in [0.15, 0.2) is 18.2 Å². The van der Waals surface area contributed by atoms with Gasteiger partial charge in [0.15, 0.2) is 0 Å². The quantitative estimate of drug-likeness (QED) is 0.170. The van der Waals surface area contributed by atoms with Crippen LogP contribution in [-0.2, 0) is 16.0 Å². The van der Waals surface area contributed by atoms with Gasteiger partial charge in [-0.25, -0.2) is 0 Å². The molecule has 1 saturated heterocycles. The number of aryl methyl sites for hydroxylation is 1. The number of aromatic amines is 1. The summed E-state index contributed by atoms with van der Waals surface area (Å²) in [5.74, 6) is 0.610. The van der Waals surface area contributed by atoms with Crippen molar-refractivity contribution in [1.82, 2.24) is 15.5 Å². The number of nitrogens with zero attached hydrogens (tertiary/aromatic N) is 1. The Morgan fingerprint density at radius 1 is 1.23 bits per heavy atom. The first-order chi connectivity index (χ1) is 18.4. The van der Waals surface area contributed by atoms with Gasteiger partial charge in [0.1, 0.15) is 30.2 Å². The van der Waals surface area contributed by atoms with Crippen LogP contribution < -0.4 is 20.5 Å². The van der Waals surface area contributed by atoms with Crippen LogP contribution in [0.5, 0.6) is 11.6 Å². The maximum Gasteiger partial charge on any atom is 0.238 e. The average Bonchev–Trinajstić information content (AvgIpc) is 3.27. The smallest absolute Gasteiger partial charge is 0.238 e. The minimum Gasteiger partial charge on any atom is -0.494 e. The molecule has 1 amide bonds. The van der Waals surface area contributed by atoms with Gasteiger partial charge in [-0.3, -0.25) is 9.89 Å². The maximum atomic E-state index is 11.4. The fourth-order valence-corrected chi connectivity index (χ4v) is 4.28. The topological polar surface area (TPSA) is 192 Å². The van der Waals surface area contributed by atoms with Crippen molar-refractivity contribution >= 4 is 5.91 Å². The van der Waals surface area contributed by atoms with E-state index in [0.29, 0.717) is 26.0 Å². The number of benzene rings is 1. The minimum atomic E-state index is -1.55. The summed E-state index contributed by atoms with van der Waals surface area (Å²) < 4.78 is 17.3. The van der Waals surface area contributed by atoms with Crippen LogP contribution >= 0.6 is 0 Å². The molecule has 8 N–H and O–H groups in total. The first-order valence-corrected chi connectivity index (χ1v) is 13.2. The first kappa shape index (κ1) is 30.8. The van der Waals surface area contributed by atoms with E-state index >= 15 is 0 Å². The number of nitrogens with one attached hydrogen (secondary N) is 2. The number of aliphatic hydroxyl groups is 4. The third-order valence-electron chi connectivity index (χ3n) is 6.97. The Morgan fingerprint density at radius 3 is 2.56 bits per heavy atom. The molecule has 1 aromatic carbocycles. The van der Waals surface area contributed by atoms with Gasteiger partial charge in [-0.05, 0) is 62.9 Å². The molecule has 1 aliphatic heterocycles. The molecule has 3 rings (SSSR count). The second-order valence-electron chi connectivity index (χ2n) is 10.8. The van der Waals surface area contributed by atoms with Crippen molar-refractivity contribution < 1.29 is 39.4 Å². The number of carbonyl (C=O) groups excluding carboxylic acids is 1. The number of hydrogen-bond acceptors (Lipinski definition) is 10. The Hall–Kier alpha value is -2.74. The zero-order valence-corrected chi connectivity index (χ0v) is 23.2. The number of ether oxygens (including phenoxy) is 3. The zero-order valence-electron chi connectivity index (χ0n) is 23.2. The van der Waals surface area contributed by atoms with Crippen LogP contribution in [0.3, 0.4) is 0 Å². The molecule has 0 aliphatic carbocycles. The van der Waals surface area contributed by atoms with E-state index in [9.17, 15) is 25.2 Å². The summed E-state index contributed by atoms with van der Waals surface area (Å²) in [6.45, 7) is 9.99. The van der Waals surface area contributed by atoms with Gasteiger partial charge in [-0.15, -0.1) is 5.10 Å². The zero-order chi connectivity index (χ0) is 28.9. The number of aliphatic hydroxyl groups excluding tert-OH is 4. The van der Waals surface area contributed by atoms with Crippen LogP contribution in [0.4, 0.5) is 0 Å². The third-order valence-corrected chi connectivity index (χ3v) is 6.97. The lowest BCUT2D eigenvalue weighted by molar-refractivity contribution is -0.278. The fraction of sp³-hybridized carbons (Fsp3) is 0.630. The second-order valence-corrected chi connectivity index (χ2v) is 10.8. The first-order valence-electron chi connectivity index (χ1n) is 13.2. The lowest BCUT2D eigenvalue weighted by Crippen LogP contribution is -2.60. The second kappa shape index (κ2) is 13.1. The van der Waals surface area contributed by atoms with Crippen LogP contribution in [0, 0.1) is 6.92 Å². The molecule has 1 aliphatic rings. The number of aromatic nitrogens is 2. The minimum absolute atomic E-state index is 0.0933. The molecular weight excluding hydrogens is 508 g/mol. The highest BCUT2D eigenvalue weighted by molar-refractivity contribution is 5.83. The molecule has 12 heteroatoms. The number of primary amides is 1. The number of nitrogens with two attached hydrogens (primary N) is 1. The Balaban J connectivity index is 1.68. The van der Waals surface area contributed by atoms with Gasteiger partial charge in [0.2, 0.25) is 18.1 Å². The van der Waals surface area contributed by atoms with Crippen molar-refractivity contribution in [3.63, 3.8) is 0 Å². The van der Waals surface area contributed by atoms with Gasteiger partial charge in [-0.2, -0.15) is 0 Å². The Labute approximate surface area is 228 Å². The Kier molecular flexibility index (Phi) is 10.3. The Bertz CT molecular complexity index is 1100. The van der Waals surface area contributed by atoms with Crippen LogP contribution in [0.25, 0.3) is 0 Å². The molecular formula is C27H42N4O8. The van der Waals surface area contributed by atoms with Crippen molar-refractivity contribution in [2.24, 2.45) is 5.73 Å². The molecule has 0 unspecified atom stereocenters. The molecule has 1 aromatic heterocycles. The van der Waals surface area contributed by atoms with Gasteiger partial charge in [0, 0.05) is 17.7 Å². The molecule has 1 fully saturated rings. The average molecular weight is 551 g/mol. The van der Waals surface area contributed by atoms with E-state index in [2.05, 4.69) is 15.5 Å². The highest BCUT2D eigenvalue weighted by Gasteiger charge is 2.45. The largest absolute Gasteiger partial charge is 0.494 e. The van der Waals surface area contributed by atoms with Crippen LogP contribution in [0.1, 0.15) is 62.4 Å². The van der Waals surface area contributed by atoms with Gasteiger partial charge < -0.3 is 45.7 Å². The molecule has 39 heavy (non-hydrogen) atoms. The molecule has 0 spiro atoms. The summed E-state index contributed by atoms with van der Waals surface area (Å²) in [4.78, 5) is 11.4. The standard InChI is InChI=1S/C27H42N4O8/c1-14(2)20-18(24(31-30-20)39-25-23(35)22(34)21(33)19(13-32)38-25)12-16-7-8-17(11-15(16)3)37-10-6-9-29-27(4,5)26(28)36/h7-8,11,14,19,21-23,25,29,32-35H,6,9-10,12-13H2,1-5H3,(H2,28,36)(H,30,31)/t19-,21-,22+,23-,25+/m1/s1. The molecule has 218 valence electrons. The van der Waals surface area contributed by atoms with Crippen LogP contribution in [0.2, 0.25) is 0 Å². The number of H-pyrrole nitrogens is 1. The van der Waals surface area contributed by atoms with E-state index in [1.165, 1.54) is 0 Å². The molecule has 5 atom stereocenters. The van der Waals surface area contributed by atoms with Crippen molar-refractivity contribution in [3.8, 4) is 11.6 Å². The molecule has 0 bridgehead atoms. The highest BCUT2D eigenvalue weighted by atomic mass is 16.7. The van der Waals surface area contributed by atoms with Crippen molar-refractivity contribution in [2.45, 2.75) is 89.6 Å². The summed E-state index contributed by atoms with van der Waals surface area (Å²) in [5.41, 5.74) is 8.22. The fourth-order valence-electron chi connectivity index (χ4n) is 4.28. The SMILES string of the molecule is Cc1cc(OCCCNC(C)(C)C(N)=O)ccc1Cc1c(O[C@@H]2O[C@H](CO)[C@@H](O)[C@H](O)[C@H]2O)n[nH]c1C(C)C. The molecule has 0 saturated carbocycles. The predicted octanol–water partition coefficient (Wildman–Crippen LogP) is 0.233. The van der Waals surface area contributed by atoms with E-state index in [1.807, 2.05) is 39.0 Å². The molecule has 0 radical (unpaired) electrons.